The quantitative estimate of drug-likeness (QED) is 0.530. The summed E-state index contributed by atoms with van der Waals surface area (Å²) in [6, 6.07) is 14.7. The molecule has 7 heteroatoms. The Kier molecular flexibility index (Phi) is 4.05. The van der Waals surface area contributed by atoms with Crippen molar-refractivity contribution in [2.45, 2.75) is 4.90 Å². The molecule has 2 heterocycles. The number of benzene rings is 2. The first-order valence-electron chi connectivity index (χ1n) is 7.88. The molecule has 0 spiro atoms. The minimum absolute atomic E-state index is 0.289. The molecule has 0 aliphatic carbocycles. The second kappa shape index (κ2) is 6.26. The van der Waals surface area contributed by atoms with Gasteiger partial charge in [-0.25, -0.2) is 13.4 Å². The molecule has 2 aromatic heterocycles. The number of thiazole rings is 1. The minimum Gasteiger partial charge on any atom is -0.497 e. The molecule has 0 aliphatic heterocycles. The highest BCUT2D eigenvalue weighted by Crippen LogP contribution is 2.36. The van der Waals surface area contributed by atoms with Crippen molar-refractivity contribution >= 4 is 26.1 Å². The van der Waals surface area contributed by atoms with Gasteiger partial charge in [0, 0.05) is 29.0 Å². The van der Waals surface area contributed by atoms with Crippen LogP contribution in [0.15, 0.2) is 65.0 Å². The molecule has 132 valence electrons. The zero-order valence-electron chi connectivity index (χ0n) is 14.2. The van der Waals surface area contributed by atoms with E-state index in [1.165, 1.54) is 17.6 Å². The Morgan fingerprint density at radius 3 is 2.62 bits per heavy atom. The van der Waals surface area contributed by atoms with Crippen molar-refractivity contribution in [3.8, 4) is 28.3 Å². The van der Waals surface area contributed by atoms with Crippen LogP contribution in [-0.2, 0) is 9.84 Å². The molecule has 0 aliphatic rings. The highest BCUT2D eigenvalue weighted by molar-refractivity contribution is 7.90. The lowest BCUT2D eigenvalue weighted by molar-refractivity contribution is 0.415. The Morgan fingerprint density at radius 1 is 1.08 bits per heavy atom. The fraction of sp³-hybridized carbons (Fsp3) is 0.105. The summed E-state index contributed by atoms with van der Waals surface area (Å²) in [5.74, 6) is 0.745. The first-order chi connectivity index (χ1) is 12.5. The van der Waals surface area contributed by atoms with Gasteiger partial charge in [0.1, 0.15) is 5.75 Å². The van der Waals surface area contributed by atoms with Crippen molar-refractivity contribution in [3.63, 3.8) is 0 Å². The second-order valence-corrected chi connectivity index (χ2v) is 8.79. The van der Waals surface area contributed by atoms with E-state index in [2.05, 4.69) is 0 Å². The summed E-state index contributed by atoms with van der Waals surface area (Å²) >= 11 is 1.53. The van der Waals surface area contributed by atoms with Crippen molar-refractivity contribution in [3.05, 3.63) is 60.1 Å². The third-order valence-corrected chi connectivity index (χ3v) is 6.01. The molecule has 4 aromatic rings. The number of nitrogens with zero attached hydrogens (tertiary/aromatic N) is 2. The first kappa shape index (κ1) is 16.8. The Morgan fingerprint density at radius 2 is 1.85 bits per heavy atom. The van der Waals surface area contributed by atoms with Crippen LogP contribution in [0.3, 0.4) is 0 Å². The van der Waals surface area contributed by atoms with Crippen LogP contribution in [-0.4, -0.2) is 31.2 Å². The van der Waals surface area contributed by atoms with Crippen LogP contribution in [0.25, 0.3) is 27.5 Å². The number of methoxy groups -OCH3 is 1. The van der Waals surface area contributed by atoms with E-state index in [-0.39, 0.29) is 4.90 Å². The number of fused-ring (bicyclic) bond motifs is 1. The number of rotatable bonds is 4. The standard InChI is InChI=1S/C19H16N2O3S2/c1-24-15-7-3-5-13(11-15)17-18(21-9-10-25-19(21)20-17)14-6-4-8-16(12-14)26(2,22)23/h3-12H,1-2H3. The summed E-state index contributed by atoms with van der Waals surface area (Å²) in [7, 11) is -1.67. The lowest BCUT2D eigenvalue weighted by atomic mass is 10.0. The van der Waals surface area contributed by atoms with Crippen LogP contribution in [0.2, 0.25) is 0 Å². The number of hydrogen-bond donors (Lipinski definition) is 0. The van der Waals surface area contributed by atoms with E-state index in [0.717, 1.165) is 33.2 Å². The molecule has 0 radical (unpaired) electrons. The van der Waals surface area contributed by atoms with E-state index < -0.39 is 9.84 Å². The Bertz CT molecular complexity index is 1210. The Balaban J connectivity index is 1.99. The molecule has 26 heavy (non-hydrogen) atoms. The molecular weight excluding hydrogens is 368 g/mol. The summed E-state index contributed by atoms with van der Waals surface area (Å²) in [5, 5.41) is 1.96. The molecule has 0 saturated carbocycles. The molecule has 0 amide bonds. The molecule has 0 fully saturated rings. The van der Waals surface area contributed by atoms with Crippen molar-refractivity contribution < 1.29 is 13.2 Å². The summed E-state index contributed by atoms with van der Waals surface area (Å²) in [4.78, 5) is 5.90. The first-order valence-corrected chi connectivity index (χ1v) is 10.6. The Labute approximate surface area is 155 Å². The number of aromatic nitrogens is 2. The molecule has 0 atom stereocenters. The molecular formula is C19H16N2O3S2. The molecule has 2 aromatic carbocycles. The number of ether oxygens (including phenoxy) is 1. The number of sulfone groups is 1. The molecule has 4 rings (SSSR count). The summed E-state index contributed by atoms with van der Waals surface area (Å²) in [6.07, 6.45) is 3.16. The molecule has 0 unspecified atom stereocenters. The van der Waals surface area contributed by atoms with Gasteiger partial charge in [-0.15, -0.1) is 11.3 Å². The van der Waals surface area contributed by atoms with Crippen LogP contribution in [0.1, 0.15) is 0 Å². The van der Waals surface area contributed by atoms with Gasteiger partial charge in [-0.2, -0.15) is 0 Å². The second-order valence-electron chi connectivity index (χ2n) is 5.90. The van der Waals surface area contributed by atoms with Crippen LogP contribution in [0.5, 0.6) is 5.75 Å². The third kappa shape index (κ3) is 2.89. The smallest absolute Gasteiger partial charge is 0.194 e. The van der Waals surface area contributed by atoms with E-state index in [0.29, 0.717) is 0 Å². The average molecular weight is 384 g/mol. The summed E-state index contributed by atoms with van der Waals surface area (Å²) < 4.78 is 31.3. The van der Waals surface area contributed by atoms with E-state index >= 15 is 0 Å². The predicted octanol–water partition coefficient (Wildman–Crippen LogP) is 4.14. The minimum atomic E-state index is -3.29. The average Bonchev–Trinajstić information content (AvgIpc) is 3.22. The van der Waals surface area contributed by atoms with E-state index in [9.17, 15) is 8.42 Å². The van der Waals surface area contributed by atoms with Crippen LogP contribution in [0.4, 0.5) is 0 Å². The fourth-order valence-corrected chi connectivity index (χ4v) is 4.29. The van der Waals surface area contributed by atoms with Gasteiger partial charge in [-0.1, -0.05) is 24.3 Å². The summed E-state index contributed by atoms with van der Waals surface area (Å²) in [6.45, 7) is 0. The number of imidazole rings is 1. The lowest BCUT2D eigenvalue weighted by Crippen LogP contribution is -1.97. The van der Waals surface area contributed by atoms with Gasteiger partial charge < -0.3 is 4.74 Å². The Hall–Kier alpha value is -2.64. The summed E-state index contributed by atoms with van der Waals surface area (Å²) in [5.41, 5.74) is 3.37. The SMILES string of the molecule is COc1cccc(-c2nc3sccn3c2-c2cccc(S(C)(=O)=O)c2)c1. The van der Waals surface area contributed by atoms with Gasteiger partial charge in [0.2, 0.25) is 0 Å². The third-order valence-electron chi connectivity index (χ3n) is 4.14. The van der Waals surface area contributed by atoms with Gasteiger partial charge >= 0.3 is 0 Å². The van der Waals surface area contributed by atoms with Gasteiger partial charge in [-0.3, -0.25) is 4.40 Å². The van der Waals surface area contributed by atoms with E-state index in [4.69, 9.17) is 9.72 Å². The van der Waals surface area contributed by atoms with Crippen molar-refractivity contribution in [1.82, 2.24) is 9.38 Å². The molecule has 0 N–H and O–H groups in total. The van der Waals surface area contributed by atoms with Crippen LogP contribution < -0.4 is 4.74 Å². The monoisotopic (exact) mass is 384 g/mol. The lowest BCUT2D eigenvalue weighted by Gasteiger charge is -2.08. The molecule has 0 bridgehead atoms. The fourth-order valence-electron chi connectivity index (χ4n) is 2.91. The number of hydrogen-bond acceptors (Lipinski definition) is 5. The highest BCUT2D eigenvalue weighted by atomic mass is 32.2. The maximum atomic E-state index is 12.0. The predicted molar refractivity (Wildman–Crippen MR) is 104 cm³/mol. The maximum absolute atomic E-state index is 12.0. The highest BCUT2D eigenvalue weighted by Gasteiger charge is 2.18. The van der Waals surface area contributed by atoms with E-state index in [1.807, 2.05) is 46.3 Å². The van der Waals surface area contributed by atoms with Crippen molar-refractivity contribution in [1.29, 1.82) is 0 Å². The van der Waals surface area contributed by atoms with Crippen LogP contribution >= 0.6 is 11.3 Å². The zero-order valence-corrected chi connectivity index (χ0v) is 15.8. The van der Waals surface area contributed by atoms with Crippen molar-refractivity contribution in [2.75, 3.05) is 13.4 Å². The van der Waals surface area contributed by atoms with Gasteiger partial charge in [0.05, 0.1) is 23.4 Å². The van der Waals surface area contributed by atoms with Gasteiger partial charge in [0.25, 0.3) is 0 Å². The van der Waals surface area contributed by atoms with Crippen molar-refractivity contribution in [2.24, 2.45) is 0 Å². The topological polar surface area (TPSA) is 60.7 Å². The largest absolute Gasteiger partial charge is 0.497 e. The zero-order chi connectivity index (χ0) is 18.3. The van der Waals surface area contributed by atoms with Gasteiger partial charge in [-0.05, 0) is 24.3 Å². The van der Waals surface area contributed by atoms with Crippen LogP contribution in [0, 0.1) is 0 Å². The normalized spacial score (nSPS) is 11.8. The van der Waals surface area contributed by atoms with Gasteiger partial charge in [0.15, 0.2) is 14.8 Å². The maximum Gasteiger partial charge on any atom is 0.194 e. The molecule has 5 nitrogen and oxygen atoms in total. The molecule has 0 saturated heterocycles. The van der Waals surface area contributed by atoms with E-state index in [1.54, 1.807) is 25.3 Å².